The van der Waals surface area contributed by atoms with Crippen molar-refractivity contribution in [1.29, 1.82) is 0 Å². The molecule has 15 heteroatoms. The van der Waals surface area contributed by atoms with E-state index in [1.54, 1.807) is 14.2 Å². The summed E-state index contributed by atoms with van der Waals surface area (Å²) >= 11 is 0. The summed E-state index contributed by atoms with van der Waals surface area (Å²) in [6, 6.07) is 16.7. The Labute approximate surface area is 397 Å². The van der Waals surface area contributed by atoms with E-state index in [1.165, 1.54) is 21.1 Å². The van der Waals surface area contributed by atoms with Gasteiger partial charge in [-0.3, -0.25) is 19.4 Å². The number of aromatic amines is 1. The monoisotopic (exact) mass is 931 g/mol. The maximum absolute atomic E-state index is 15.7. The minimum absolute atomic E-state index is 0.147. The van der Waals surface area contributed by atoms with Gasteiger partial charge in [0.1, 0.15) is 16.9 Å². The number of piperidine rings is 1. The normalized spacial score (nSPS) is 33.5. The largest absolute Gasteiger partial charge is 0.497 e. The number of benzene rings is 3. The summed E-state index contributed by atoms with van der Waals surface area (Å²) in [5.41, 5.74) is -0.329. The third kappa shape index (κ3) is 6.40. The molecule has 2 saturated heterocycles. The van der Waals surface area contributed by atoms with Gasteiger partial charge in [-0.2, -0.15) is 0 Å². The van der Waals surface area contributed by atoms with Gasteiger partial charge in [0.05, 0.1) is 40.1 Å². The van der Waals surface area contributed by atoms with Gasteiger partial charge in [0.2, 0.25) is 5.60 Å². The van der Waals surface area contributed by atoms with Crippen molar-refractivity contribution in [3.05, 3.63) is 89.1 Å². The molecule has 1 aromatic heterocycles. The maximum Gasteiger partial charge on any atom is 0.344 e. The molecule has 362 valence electrons. The Morgan fingerprint density at radius 1 is 0.868 bits per heavy atom. The Bertz CT molecular complexity index is 2700. The van der Waals surface area contributed by atoms with Gasteiger partial charge in [-0.25, -0.2) is 4.79 Å². The van der Waals surface area contributed by atoms with Crippen molar-refractivity contribution >= 4 is 45.9 Å². The molecule has 1 aliphatic carbocycles. The molecular formula is C53H65N5O10. The fourth-order valence-corrected chi connectivity index (χ4v) is 14.5. The number of H-pyrrole nitrogens is 1. The van der Waals surface area contributed by atoms with Crippen molar-refractivity contribution in [2.45, 2.75) is 99.5 Å². The minimum atomic E-state index is -2.33. The van der Waals surface area contributed by atoms with E-state index in [4.69, 9.17) is 23.7 Å². The number of hydrogen-bond acceptors (Lipinski definition) is 14. The summed E-state index contributed by atoms with van der Waals surface area (Å²) in [6.07, 6.45) is 5.70. The Balaban J connectivity index is 1.24. The van der Waals surface area contributed by atoms with Gasteiger partial charge in [-0.1, -0.05) is 26.0 Å². The number of nitrogens with one attached hydrogen (secondary N) is 2. The van der Waals surface area contributed by atoms with Gasteiger partial charge >= 0.3 is 17.9 Å². The average Bonchev–Trinajstić information content (AvgIpc) is 4.00. The van der Waals surface area contributed by atoms with Gasteiger partial charge in [-0.15, -0.1) is 0 Å². The third-order valence-corrected chi connectivity index (χ3v) is 17.1. The number of anilines is 3. The SMILES string of the molecule is CC[C@]1(O)C[C@H]2CN(CCc3c([nH]c4ccc(Nc5ccc(OC)cc5)cc34)[C@@](C(=O)OC)(c3cc4c(cc3OC)N(C)[C@H]3[C@@](O)(C(=O)OC)[C@H](OC(C)=O)[C@]5(CC)C=CCN6CC[C@]43[C@@H]65)C2)C1. The highest BCUT2D eigenvalue weighted by molar-refractivity contribution is 5.96. The van der Waals surface area contributed by atoms with Gasteiger partial charge in [-0.05, 0) is 111 Å². The molecule has 15 nitrogen and oxygen atoms in total. The van der Waals surface area contributed by atoms with Crippen LogP contribution in [0.2, 0.25) is 0 Å². The number of fused-ring (bicyclic) bond motifs is 6. The van der Waals surface area contributed by atoms with Crippen LogP contribution in [0.5, 0.6) is 11.5 Å². The number of rotatable bonds is 10. The van der Waals surface area contributed by atoms with E-state index < -0.39 is 57.5 Å². The molecule has 68 heavy (non-hydrogen) atoms. The fraction of sp³-hybridized carbons (Fsp3) is 0.528. The summed E-state index contributed by atoms with van der Waals surface area (Å²) in [7, 11) is 7.78. The fourth-order valence-electron chi connectivity index (χ4n) is 14.5. The highest BCUT2D eigenvalue weighted by Gasteiger charge is 2.80. The van der Waals surface area contributed by atoms with Gasteiger partial charge < -0.3 is 49.1 Å². The minimum Gasteiger partial charge on any atom is -0.497 e. The lowest BCUT2D eigenvalue weighted by molar-refractivity contribution is -0.228. The van der Waals surface area contributed by atoms with Crippen LogP contribution in [-0.4, -0.2) is 141 Å². The lowest BCUT2D eigenvalue weighted by Crippen LogP contribution is -2.81. The molecule has 4 aromatic rings. The van der Waals surface area contributed by atoms with Crippen LogP contribution in [0.3, 0.4) is 0 Å². The van der Waals surface area contributed by atoms with Crippen LogP contribution in [0.15, 0.2) is 66.7 Å². The molecule has 0 amide bonds. The van der Waals surface area contributed by atoms with E-state index in [2.05, 4.69) is 38.3 Å². The zero-order valence-electron chi connectivity index (χ0n) is 40.4. The Morgan fingerprint density at radius 3 is 2.29 bits per heavy atom. The highest BCUT2D eigenvalue weighted by Crippen LogP contribution is 2.68. The number of nitrogens with zero attached hydrogens (tertiary/aromatic N) is 3. The topological polar surface area (TPSA) is 175 Å². The first-order chi connectivity index (χ1) is 32.6. The average molecular weight is 932 g/mol. The molecule has 3 aromatic carbocycles. The van der Waals surface area contributed by atoms with Crippen LogP contribution >= 0.6 is 0 Å². The molecule has 5 aliphatic heterocycles. The van der Waals surface area contributed by atoms with Crippen molar-refractivity contribution in [3.63, 3.8) is 0 Å². The molecular weight excluding hydrogens is 867 g/mol. The highest BCUT2D eigenvalue weighted by atomic mass is 16.6. The molecule has 1 spiro atoms. The Kier molecular flexibility index (Phi) is 11.2. The summed E-state index contributed by atoms with van der Waals surface area (Å²) in [6.45, 7) is 8.45. The molecule has 6 aliphatic rings. The van der Waals surface area contributed by atoms with Gasteiger partial charge in [0.25, 0.3) is 0 Å². The second-order valence-electron chi connectivity index (χ2n) is 20.3. The van der Waals surface area contributed by atoms with E-state index in [0.717, 1.165) is 44.8 Å². The van der Waals surface area contributed by atoms with Crippen LogP contribution in [0.25, 0.3) is 10.9 Å². The van der Waals surface area contributed by atoms with E-state index in [1.807, 2.05) is 74.3 Å². The van der Waals surface area contributed by atoms with Crippen molar-refractivity contribution in [1.82, 2.24) is 14.8 Å². The summed E-state index contributed by atoms with van der Waals surface area (Å²) in [5.74, 6) is -0.936. The van der Waals surface area contributed by atoms with Crippen LogP contribution in [0.1, 0.15) is 75.3 Å². The van der Waals surface area contributed by atoms with Crippen LogP contribution < -0.4 is 19.7 Å². The Morgan fingerprint density at radius 2 is 1.62 bits per heavy atom. The number of aromatic nitrogens is 1. The van der Waals surface area contributed by atoms with Crippen molar-refractivity contribution < 1.29 is 48.3 Å². The second-order valence-corrected chi connectivity index (χ2v) is 20.3. The molecule has 10 rings (SSSR count). The predicted molar refractivity (Wildman–Crippen MR) is 257 cm³/mol. The summed E-state index contributed by atoms with van der Waals surface area (Å²) in [4.78, 5) is 53.8. The smallest absolute Gasteiger partial charge is 0.344 e. The standard InChI is InChI=1S/C53H65N5O10/c1-9-49(62)27-32-28-52(47(60)66-7,43-36(18-22-57(29-32)30-49)37-24-34(14-17-40(37)55-43)54-33-12-15-35(64-5)16-13-33)39-25-38-41(26-42(39)65-6)56(4)45-51(38)20-23-58-21-11-19-50(10-2,44(51)58)46(68-31(3)59)53(45,63)48(61)67-8/h11-17,19,24-26,32,44-46,54-55,62-63H,9-10,18,20-23,27-30H2,1-8H3/t32-,44+,45-,46-,49+,50-,51-,52+,53+/m1/s1. The number of aliphatic hydroxyl groups is 2. The van der Waals surface area contributed by atoms with E-state index >= 15 is 4.79 Å². The van der Waals surface area contributed by atoms with Gasteiger partial charge in [0.15, 0.2) is 6.10 Å². The molecule has 4 N–H and O–H groups in total. The van der Waals surface area contributed by atoms with Crippen molar-refractivity contribution in [2.24, 2.45) is 11.3 Å². The maximum atomic E-state index is 15.7. The second kappa shape index (κ2) is 16.5. The first kappa shape index (κ1) is 46.1. The van der Waals surface area contributed by atoms with E-state index in [-0.39, 0.29) is 18.4 Å². The van der Waals surface area contributed by atoms with Crippen LogP contribution in [0, 0.1) is 11.3 Å². The number of carbonyl (C=O) groups excluding carboxylic acids is 3. The third-order valence-electron chi connectivity index (χ3n) is 17.1. The molecule has 1 unspecified atom stereocenters. The Hall–Kier alpha value is -5.61. The summed E-state index contributed by atoms with van der Waals surface area (Å²) in [5, 5.41) is 30.1. The number of carbonyl (C=O) groups is 3. The number of methoxy groups -OCH3 is 4. The lowest BCUT2D eigenvalue weighted by atomic mass is 9.47. The molecule has 1 saturated carbocycles. The van der Waals surface area contributed by atoms with E-state index in [9.17, 15) is 19.8 Å². The van der Waals surface area contributed by atoms with Gasteiger partial charge in [0, 0.05) is 102 Å². The quantitative estimate of drug-likeness (QED) is 0.0861. The molecule has 10 atom stereocenters. The van der Waals surface area contributed by atoms with E-state index in [0.29, 0.717) is 81.8 Å². The number of hydrogen-bond donors (Lipinski definition) is 4. The summed E-state index contributed by atoms with van der Waals surface area (Å²) < 4.78 is 29.6. The zero-order chi connectivity index (χ0) is 48.1. The first-order valence-corrected chi connectivity index (χ1v) is 24.1. The van der Waals surface area contributed by atoms with Crippen LogP contribution in [-0.2, 0) is 45.8 Å². The number of esters is 3. The first-order valence-electron chi connectivity index (χ1n) is 24.1. The van der Waals surface area contributed by atoms with Crippen LogP contribution in [0.4, 0.5) is 17.1 Å². The zero-order valence-corrected chi connectivity index (χ0v) is 40.4. The lowest BCUT2D eigenvalue weighted by Gasteiger charge is -2.63. The number of ether oxygens (including phenoxy) is 5. The number of likely N-dealkylation sites (N-methyl/N-ethyl adjacent to an activating group) is 1. The molecule has 2 bridgehead atoms. The molecule has 0 radical (unpaired) electrons. The molecule has 6 heterocycles. The van der Waals surface area contributed by atoms with Crippen molar-refractivity contribution in [3.8, 4) is 11.5 Å². The predicted octanol–water partition coefficient (Wildman–Crippen LogP) is 5.74. The molecule has 3 fully saturated rings. The van der Waals surface area contributed by atoms with Crippen molar-refractivity contribution in [2.75, 3.05) is 78.4 Å².